The van der Waals surface area contributed by atoms with Gasteiger partial charge in [0.25, 0.3) is 0 Å². The molecular weight excluding hydrogens is 319 g/mol. The van der Waals surface area contributed by atoms with Gasteiger partial charge in [-0.3, -0.25) is 15.0 Å². The van der Waals surface area contributed by atoms with Gasteiger partial charge in [0.2, 0.25) is 5.82 Å². The Kier molecular flexibility index (Phi) is 5.50. The summed E-state index contributed by atoms with van der Waals surface area (Å²) in [6.45, 7) is 2.29. The summed E-state index contributed by atoms with van der Waals surface area (Å²) in [6, 6.07) is 4.69. The minimum Gasteiger partial charge on any atom is -0.377 e. The molecule has 0 radical (unpaired) electrons. The molecule has 0 N–H and O–H groups in total. The largest absolute Gasteiger partial charge is 0.377 e. The van der Waals surface area contributed by atoms with Crippen LogP contribution in [0.5, 0.6) is 0 Å². The molecule has 2 aliphatic heterocycles. The fraction of sp³-hybridized carbons (Fsp3) is 0.625. The number of halogens is 1. The summed E-state index contributed by atoms with van der Waals surface area (Å²) in [7, 11) is 0. The van der Waals surface area contributed by atoms with E-state index in [2.05, 4.69) is 4.90 Å². The summed E-state index contributed by atoms with van der Waals surface area (Å²) in [5.74, 6) is 1.48. The number of benzene rings is 1. The average molecular weight is 340 g/mol. The normalized spacial score (nSPS) is 24.4. The highest BCUT2D eigenvalue weighted by molar-refractivity contribution is 7.99. The smallest absolute Gasteiger partial charge is 0.304 e. The second-order valence-electron chi connectivity index (χ2n) is 6.12. The van der Waals surface area contributed by atoms with Gasteiger partial charge in [-0.05, 0) is 36.6 Å². The fourth-order valence-corrected chi connectivity index (χ4v) is 4.49. The van der Waals surface area contributed by atoms with Crippen LogP contribution in [0.3, 0.4) is 0 Å². The number of ether oxygens (including phenoxy) is 1. The van der Waals surface area contributed by atoms with E-state index in [-0.39, 0.29) is 6.10 Å². The quantitative estimate of drug-likeness (QED) is 0.588. The molecule has 2 fully saturated rings. The second-order valence-corrected chi connectivity index (χ2v) is 7.27. The molecule has 5 nitrogen and oxygen atoms in total. The molecule has 3 rings (SSSR count). The third-order valence-electron chi connectivity index (χ3n) is 4.48. The Balaban J connectivity index is 1.71. The van der Waals surface area contributed by atoms with Gasteiger partial charge in [-0.2, -0.15) is 16.2 Å². The van der Waals surface area contributed by atoms with Gasteiger partial charge in [-0.1, -0.05) is 6.07 Å². The summed E-state index contributed by atoms with van der Waals surface area (Å²) in [6.07, 6.45) is 3.56. The third kappa shape index (κ3) is 4.22. The van der Waals surface area contributed by atoms with E-state index >= 15 is 0 Å². The Hall–Kier alpha value is -1.18. The lowest BCUT2D eigenvalue weighted by atomic mass is 10.1. The Morgan fingerprint density at radius 1 is 1.43 bits per heavy atom. The van der Waals surface area contributed by atoms with Crippen LogP contribution in [0.4, 0.5) is 10.1 Å². The van der Waals surface area contributed by atoms with Crippen molar-refractivity contribution in [2.75, 3.05) is 24.7 Å². The van der Waals surface area contributed by atoms with Crippen molar-refractivity contribution < 1.29 is 14.1 Å². The predicted molar refractivity (Wildman–Crippen MR) is 88.2 cm³/mol. The van der Waals surface area contributed by atoms with E-state index < -0.39 is 16.4 Å². The lowest BCUT2D eigenvalue weighted by Gasteiger charge is -2.30. The molecule has 1 aromatic carbocycles. The highest BCUT2D eigenvalue weighted by Gasteiger charge is 2.27. The maximum Gasteiger partial charge on any atom is 0.304 e. The number of nitrogens with zero attached hydrogens (tertiary/aromatic N) is 2. The van der Waals surface area contributed by atoms with E-state index in [9.17, 15) is 14.5 Å². The molecule has 2 aliphatic rings. The molecular formula is C16H21FN2O3S. The van der Waals surface area contributed by atoms with Crippen LogP contribution in [0.15, 0.2) is 18.2 Å². The van der Waals surface area contributed by atoms with E-state index in [0.29, 0.717) is 12.6 Å². The van der Waals surface area contributed by atoms with Crippen LogP contribution >= 0.6 is 11.8 Å². The van der Waals surface area contributed by atoms with Gasteiger partial charge in [0.15, 0.2) is 0 Å². The fourth-order valence-electron chi connectivity index (χ4n) is 3.23. The number of thioether (sulfide) groups is 1. The van der Waals surface area contributed by atoms with E-state index in [1.54, 1.807) is 6.07 Å². The number of hydrogen-bond acceptors (Lipinski definition) is 5. The maximum absolute atomic E-state index is 13.8. The topological polar surface area (TPSA) is 55.6 Å². The van der Waals surface area contributed by atoms with Crippen LogP contribution in [-0.4, -0.2) is 46.6 Å². The molecule has 7 heteroatoms. The van der Waals surface area contributed by atoms with Crippen molar-refractivity contribution in [1.82, 2.24) is 4.90 Å². The van der Waals surface area contributed by atoms with Gasteiger partial charge in [-0.15, -0.1) is 0 Å². The molecule has 23 heavy (non-hydrogen) atoms. The van der Waals surface area contributed by atoms with Crippen LogP contribution in [0, 0.1) is 15.9 Å². The highest BCUT2D eigenvalue weighted by atomic mass is 32.2. The predicted octanol–water partition coefficient (Wildman–Crippen LogP) is 3.22. The highest BCUT2D eigenvalue weighted by Crippen LogP contribution is 2.27. The van der Waals surface area contributed by atoms with Crippen molar-refractivity contribution in [2.24, 2.45) is 0 Å². The number of rotatable bonds is 6. The molecule has 2 atom stereocenters. The van der Waals surface area contributed by atoms with Gasteiger partial charge >= 0.3 is 5.69 Å². The molecule has 0 saturated carbocycles. The summed E-state index contributed by atoms with van der Waals surface area (Å²) >= 11 is 1.94. The Morgan fingerprint density at radius 2 is 2.30 bits per heavy atom. The molecule has 0 bridgehead atoms. The zero-order chi connectivity index (χ0) is 16.2. The van der Waals surface area contributed by atoms with Gasteiger partial charge in [-0.25, -0.2) is 0 Å². The maximum atomic E-state index is 13.8. The molecule has 0 spiro atoms. The van der Waals surface area contributed by atoms with Crippen LogP contribution in [0.2, 0.25) is 0 Å². The minimum absolute atomic E-state index is 0.253. The molecule has 0 aromatic heterocycles. The number of nitro groups is 1. The van der Waals surface area contributed by atoms with Crippen LogP contribution in [0.1, 0.15) is 24.8 Å². The number of hydrogen-bond donors (Lipinski definition) is 0. The Labute approximate surface area is 139 Å². The molecule has 2 heterocycles. The Morgan fingerprint density at radius 3 is 2.91 bits per heavy atom. The van der Waals surface area contributed by atoms with Gasteiger partial charge in [0, 0.05) is 37.6 Å². The summed E-state index contributed by atoms with van der Waals surface area (Å²) in [5, 5.41) is 10.7. The first-order chi connectivity index (χ1) is 11.1. The minimum atomic E-state index is -0.759. The lowest BCUT2D eigenvalue weighted by molar-refractivity contribution is -0.387. The molecule has 126 valence electrons. The van der Waals surface area contributed by atoms with Crippen LogP contribution in [0.25, 0.3) is 0 Å². The van der Waals surface area contributed by atoms with Crippen molar-refractivity contribution in [3.8, 4) is 0 Å². The first-order valence-corrected chi connectivity index (χ1v) is 9.15. The molecule has 0 aliphatic carbocycles. The molecule has 1 aromatic rings. The summed E-state index contributed by atoms with van der Waals surface area (Å²) < 4.78 is 19.6. The zero-order valence-corrected chi connectivity index (χ0v) is 13.8. The van der Waals surface area contributed by atoms with Gasteiger partial charge in [0.1, 0.15) is 0 Å². The van der Waals surface area contributed by atoms with E-state index in [0.717, 1.165) is 49.5 Å². The molecule has 2 saturated heterocycles. The summed E-state index contributed by atoms with van der Waals surface area (Å²) in [4.78, 5) is 12.4. The van der Waals surface area contributed by atoms with Gasteiger partial charge < -0.3 is 4.74 Å². The van der Waals surface area contributed by atoms with E-state index in [1.165, 1.54) is 12.1 Å². The monoisotopic (exact) mass is 340 g/mol. The van der Waals surface area contributed by atoms with E-state index in [4.69, 9.17) is 4.74 Å². The Bertz CT molecular complexity index is 560. The van der Waals surface area contributed by atoms with Crippen molar-refractivity contribution >= 4 is 17.4 Å². The standard InChI is InChI=1S/C16H21FN2O3S/c17-15-8-12(3-4-16(15)19(20)21)9-18(13-5-7-23-11-13)10-14-2-1-6-22-14/h3-4,8,13-14H,1-2,5-7,9-11H2/t13-,14-/m1/s1. The molecule has 0 unspecified atom stereocenters. The average Bonchev–Trinajstić information content (AvgIpc) is 3.20. The van der Waals surface area contributed by atoms with E-state index in [1.807, 2.05) is 11.8 Å². The first-order valence-electron chi connectivity index (χ1n) is 7.99. The third-order valence-corrected chi connectivity index (χ3v) is 5.62. The van der Waals surface area contributed by atoms with Crippen LogP contribution < -0.4 is 0 Å². The second kappa shape index (κ2) is 7.59. The van der Waals surface area contributed by atoms with Crippen molar-refractivity contribution in [2.45, 2.75) is 38.0 Å². The van der Waals surface area contributed by atoms with Crippen LogP contribution in [-0.2, 0) is 11.3 Å². The van der Waals surface area contributed by atoms with Crippen molar-refractivity contribution in [1.29, 1.82) is 0 Å². The first kappa shape index (κ1) is 16.7. The SMILES string of the molecule is O=[N+]([O-])c1ccc(CN(C[C@H]2CCCO2)[C@@H]2CCSC2)cc1F. The van der Waals surface area contributed by atoms with Crippen molar-refractivity contribution in [3.05, 3.63) is 39.7 Å². The molecule has 0 amide bonds. The summed E-state index contributed by atoms with van der Waals surface area (Å²) in [5.41, 5.74) is 0.318. The van der Waals surface area contributed by atoms with Crippen molar-refractivity contribution in [3.63, 3.8) is 0 Å². The zero-order valence-electron chi connectivity index (χ0n) is 12.9. The lowest BCUT2D eigenvalue weighted by Crippen LogP contribution is -2.40. The number of nitro benzene ring substituents is 1. The van der Waals surface area contributed by atoms with Gasteiger partial charge in [0.05, 0.1) is 11.0 Å².